The average Bonchev–Trinajstić information content (AvgIpc) is 2.52. The van der Waals surface area contributed by atoms with Crippen LogP contribution in [0.3, 0.4) is 0 Å². The minimum atomic E-state index is -0.842. The fourth-order valence-corrected chi connectivity index (χ4v) is 1.83. The van der Waals surface area contributed by atoms with E-state index >= 15 is 0 Å². The molecule has 80 valence electrons. The first-order valence-electron chi connectivity index (χ1n) is 4.62. The second-order valence-corrected chi connectivity index (χ2v) is 3.74. The standard InChI is InChI=1S/C11H14N2O2/c1-4-7-5-8(10(14)15-3)9(13)11(7,2)6-12/h4,7H,1,5,13H2,2-3H3/t7-,11-/m0/s1. The quantitative estimate of drug-likeness (QED) is 0.542. The summed E-state index contributed by atoms with van der Waals surface area (Å²) in [5, 5.41) is 9.11. The molecule has 0 spiro atoms. The number of hydrogen-bond donors (Lipinski definition) is 1. The van der Waals surface area contributed by atoms with E-state index in [-0.39, 0.29) is 5.92 Å². The lowest BCUT2D eigenvalue weighted by atomic mass is 9.80. The number of nitrogens with zero attached hydrogens (tertiary/aromatic N) is 1. The van der Waals surface area contributed by atoms with Crippen molar-refractivity contribution in [2.75, 3.05) is 7.11 Å². The Balaban J connectivity index is 3.19. The van der Waals surface area contributed by atoms with Gasteiger partial charge in [-0.3, -0.25) is 0 Å². The zero-order chi connectivity index (χ0) is 11.6. The van der Waals surface area contributed by atoms with Gasteiger partial charge in [-0.05, 0) is 13.3 Å². The van der Waals surface area contributed by atoms with Crippen LogP contribution in [0, 0.1) is 22.7 Å². The lowest BCUT2D eigenvalue weighted by Crippen LogP contribution is -2.26. The van der Waals surface area contributed by atoms with Crippen molar-refractivity contribution >= 4 is 5.97 Å². The second kappa shape index (κ2) is 3.77. The third-order valence-corrected chi connectivity index (χ3v) is 3.00. The SMILES string of the molecule is C=C[C@H]1CC(C(=O)OC)=C(N)[C@@]1(C)C#N. The molecular formula is C11H14N2O2. The van der Waals surface area contributed by atoms with Crippen LogP contribution in [-0.4, -0.2) is 13.1 Å². The summed E-state index contributed by atoms with van der Waals surface area (Å²) >= 11 is 0. The molecule has 0 aromatic heterocycles. The van der Waals surface area contributed by atoms with Crippen LogP contribution in [-0.2, 0) is 9.53 Å². The number of ether oxygens (including phenoxy) is 1. The molecule has 0 saturated carbocycles. The molecule has 15 heavy (non-hydrogen) atoms. The minimum Gasteiger partial charge on any atom is -0.466 e. The Bertz CT molecular complexity index is 379. The Morgan fingerprint density at radius 3 is 2.80 bits per heavy atom. The van der Waals surface area contributed by atoms with Crippen molar-refractivity contribution in [3.63, 3.8) is 0 Å². The Morgan fingerprint density at radius 1 is 1.87 bits per heavy atom. The molecule has 0 aromatic carbocycles. The first-order chi connectivity index (χ1) is 7.01. The Labute approximate surface area is 89.0 Å². The normalized spacial score (nSPS) is 29.8. The van der Waals surface area contributed by atoms with E-state index in [1.54, 1.807) is 13.0 Å². The molecule has 4 nitrogen and oxygen atoms in total. The molecule has 0 fully saturated rings. The van der Waals surface area contributed by atoms with Gasteiger partial charge in [-0.15, -0.1) is 6.58 Å². The molecule has 4 heteroatoms. The van der Waals surface area contributed by atoms with Crippen LogP contribution < -0.4 is 5.73 Å². The van der Waals surface area contributed by atoms with Crippen molar-refractivity contribution in [3.8, 4) is 6.07 Å². The van der Waals surface area contributed by atoms with Crippen molar-refractivity contribution in [2.45, 2.75) is 13.3 Å². The largest absolute Gasteiger partial charge is 0.466 e. The molecule has 0 heterocycles. The number of nitriles is 1. The van der Waals surface area contributed by atoms with Crippen LogP contribution in [0.15, 0.2) is 23.9 Å². The minimum absolute atomic E-state index is 0.128. The predicted molar refractivity (Wildman–Crippen MR) is 55.3 cm³/mol. The molecule has 1 rings (SSSR count). The summed E-state index contributed by atoms with van der Waals surface area (Å²) in [7, 11) is 1.30. The van der Waals surface area contributed by atoms with Gasteiger partial charge >= 0.3 is 5.97 Å². The molecule has 0 saturated heterocycles. The average molecular weight is 206 g/mol. The van der Waals surface area contributed by atoms with E-state index in [9.17, 15) is 4.79 Å². The van der Waals surface area contributed by atoms with Gasteiger partial charge in [0.25, 0.3) is 0 Å². The fraction of sp³-hybridized carbons (Fsp3) is 0.455. The number of nitrogens with two attached hydrogens (primary N) is 1. The lowest BCUT2D eigenvalue weighted by Gasteiger charge is -2.22. The summed E-state index contributed by atoms with van der Waals surface area (Å²) in [5.74, 6) is -0.588. The number of hydrogen-bond acceptors (Lipinski definition) is 4. The molecule has 1 aliphatic rings. The molecule has 2 N–H and O–H groups in total. The maximum absolute atomic E-state index is 11.4. The van der Waals surface area contributed by atoms with Gasteiger partial charge in [-0.25, -0.2) is 4.79 Å². The highest BCUT2D eigenvalue weighted by atomic mass is 16.5. The summed E-state index contributed by atoms with van der Waals surface area (Å²) in [5.41, 5.74) is 5.68. The molecule has 2 atom stereocenters. The van der Waals surface area contributed by atoms with E-state index in [4.69, 9.17) is 11.0 Å². The first-order valence-corrected chi connectivity index (χ1v) is 4.62. The van der Waals surface area contributed by atoms with Crippen molar-refractivity contribution in [1.82, 2.24) is 0 Å². The summed E-state index contributed by atoms with van der Waals surface area (Å²) in [6, 6.07) is 2.14. The maximum atomic E-state index is 11.4. The van der Waals surface area contributed by atoms with Gasteiger partial charge < -0.3 is 10.5 Å². The molecule has 1 aliphatic carbocycles. The van der Waals surface area contributed by atoms with Crippen molar-refractivity contribution in [2.24, 2.45) is 17.1 Å². The Hall–Kier alpha value is -1.76. The lowest BCUT2D eigenvalue weighted by molar-refractivity contribution is -0.136. The van der Waals surface area contributed by atoms with Crippen LogP contribution in [0.25, 0.3) is 0 Å². The van der Waals surface area contributed by atoms with Gasteiger partial charge in [0.1, 0.15) is 5.41 Å². The van der Waals surface area contributed by atoms with Crippen LogP contribution in [0.2, 0.25) is 0 Å². The number of methoxy groups -OCH3 is 1. The molecule has 0 unspecified atom stereocenters. The smallest absolute Gasteiger partial charge is 0.335 e. The molecule has 0 aliphatic heterocycles. The summed E-state index contributed by atoms with van der Waals surface area (Å²) < 4.78 is 4.61. The van der Waals surface area contributed by atoms with Crippen molar-refractivity contribution in [3.05, 3.63) is 23.9 Å². The van der Waals surface area contributed by atoms with Gasteiger partial charge in [0.15, 0.2) is 0 Å². The highest BCUT2D eigenvalue weighted by Crippen LogP contribution is 2.45. The number of carbonyl (C=O) groups excluding carboxylic acids is 1. The zero-order valence-electron chi connectivity index (χ0n) is 8.91. The number of allylic oxidation sites excluding steroid dienone is 2. The molecular weight excluding hydrogens is 192 g/mol. The summed E-state index contributed by atoms with van der Waals surface area (Å²) in [6.45, 7) is 5.37. The van der Waals surface area contributed by atoms with Gasteiger partial charge in [0.2, 0.25) is 0 Å². The van der Waals surface area contributed by atoms with E-state index in [1.807, 2.05) is 0 Å². The van der Waals surface area contributed by atoms with Gasteiger partial charge in [0, 0.05) is 11.6 Å². The summed E-state index contributed by atoms with van der Waals surface area (Å²) in [6.07, 6.45) is 2.08. The maximum Gasteiger partial charge on any atom is 0.335 e. The molecule has 0 amide bonds. The summed E-state index contributed by atoms with van der Waals surface area (Å²) in [4.78, 5) is 11.4. The van der Waals surface area contributed by atoms with Gasteiger partial charge in [-0.1, -0.05) is 6.08 Å². The van der Waals surface area contributed by atoms with E-state index in [0.29, 0.717) is 17.7 Å². The number of carbonyl (C=O) groups is 1. The molecule has 0 aromatic rings. The van der Waals surface area contributed by atoms with Crippen LogP contribution in [0.5, 0.6) is 0 Å². The van der Waals surface area contributed by atoms with E-state index < -0.39 is 11.4 Å². The third-order valence-electron chi connectivity index (χ3n) is 3.00. The fourth-order valence-electron chi connectivity index (χ4n) is 1.83. The van der Waals surface area contributed by atoms with Crippen LogP contribution >= 0.6 is 0 Å². The van der Waals surface area contributed by atoms with Crippen LogP contribution in [0.1, 0.15) is 13.3 Å². The van der Waals surface area contributed by atoms with E-state index in [0.717, 1.165) is 0 Å². The highest BCUT2D eigenvalue weighted by Gasteiger charge is 2.45. The third kappa shape index (κ3) is 1.50. The van der Waals surface area contributed by atoms with E-state index in [1.165, 1.54) is 7.11 Å². The second-order valence-electron chi connectivity index (χ2n) is 3.74. The number of rotatable bonds is 2. The zero-order valence-corrected chi connectivity index (χ0v) is 8.91. The van der Waals surface area contributed by atoms with Crippen molar-refractivity contribution in [1.29, 1.82) is 5.26 Å². The highest BCUT2D eigenvalue weighted by molar-refractivity contribution is 5.90. The molecule has 0 bridgehead atoms. The molecule has 0 radical (unpaired) electrons. The first kappa shape index (κ1) is 11.3. The van der Waals surface area contributed by atoms with E-state index in [2.05, 4.69) is 17.4 Å². The van der Waals surface area contributed by atoms with Gasteiger partial charge in [-0.2, -0.15) is 5.26 Å². The van der Waals surface area contributed by atoms with Crippen LogP contribution in [0.4, 0.5) is 0 Å². The van der Waals surface area contributed by atoms with Crippen molar-refractivity contribution < 1.29 is 9.53 Å². The Kier molecular flexibility index (Phi) is 2.85. The number of esters is 1. The Morgan fingerprint density at radius 2 is 2.47 bits per heavy atom. The predicted octanol–water partition coefficient (Wildman–Crippen LogP) is 1.11. The topological polar surface area (TPSA) is 76.1 Å². The monoisotopic (exact) mass is 206 g/mol. The van der Waals surface area contributed by atoms with Gasteiger partial charge in [0.05, 0.1) is 18.8 Å².